The third-order valence-electron chi connectivity index (χ3n) is 5.85. The molecule has 2 fully saturated rings. The zero-order valence-corrected chi connectivity index (χ0v) is 18.8. The van der Waals surface area contributed by atoms with Crippen molar-refractivity contribution >= 4 is 35.7 Å². The van der Waals surface area contributed by atoms with Gasteiger partial charge in [0.15, 0.2) is 6.61 Å². The number of aromatic nitrogens is 1. The Morgan fingerprint density at radius 1 is 1.19 bits per heavy atom. The Hall–Kier alpha value is -3.06. The second-order valence-electron chi connectivity index (χ2n) is 8.02. The maximum atomic E-state index is 12.7. The number of carbonyl (C=O) groups is 2. The molecule has 32 heavy (non-hydrogen) atoms. The molecule has 0 bridgehead atoms. The van der Waals surface area contributed by atoms with Crippen molar-refractivity contribution < 1.29 is 14.3 Å². The van der Waals surface area contributed by atoms with Crippen LogP contribution in [0, 0.1) is 6.92 Å². The molecule has 7 nitrogen and oxygen atoms in total. The van der Waals surface area contributed by atoms with Gasteiger partial charge in [0, 0.05) is 42.9 Å². The van der Waals surface area contributed by atoms with Crippen molar-refractivity contribution in [3.8, 4) is 5.75 Å². The fourth-order valence-corrected chi connectivity index (χ4v) is 4.28. The molecule has 0 spiro atoms. The van der Waals surface area contributed by atoms with E-state index in [1.165, 1.54) is 0 Å². The van der Waals surface area contributed by atoms with Crippen LogP contribution in [-0.4, -0.2) is 65.5 Å². The van der Waals surface area contributed by atoms with Crippen molar-refractivity contribution in [2.45, 2.75) is 25.8 Å². The van der Waals surface area contributed by atoms with E-state index >= 15 is 0 Å². The zero-order chi connectivity index (χ0) is 22.5. The van der Waals surface area contributed by atoms with E-state index in [2.05, 4.69) is 10.3 Å². The summed E-state index contributed by atoms with van der Waals surface area (Å²) in [6.07, 6.45) is 5.31. The van der Waals surface area contributed by atoms with Crippen molar-refractivity contribution in [2.75, 3.05) is 32.8 Å². The average Bonchev–Trinajstić information content (AvgIpc) is 3.23. The molecule has 0 aliphatic carbocycles. The first kappa shape index (κ1) is 22.1. The van der Waals surface area contributed by atoms with E-state index in [9.17, 15) is 9.59 Å². The number of amides is 3. The molecular weight excluding hydrogens is 428 g/mol. The minimum absolute atomic E-state index is 0.00218. The number of benzene rings is 1. The highest BCUT2D eigenvalue weighted by Crippen LogP contribution is 2.23. The number of pyridine rings is 1. The Morgan fingerprint density at radius 2 is 1.97 bits per heavy atom. The molecule has 4 rings (SSSR count). The number of piperidine rings is 1. The van der Waals surface area contributed by atoms with Crippen LogP contribution in [-0.2, 0) is 4.79 Å². The Labute approximate surface area is 193 Å². The van der Waals surface area contributed by atoms with Crippen LogP contribution < -0.4 is 10.1 Å². The first-order valence-electron chi connectivity index (χ1n) is 10.9. The van der Waals surface area contributed by atoms with Crippen LogP contribution in [0.15, 0.2) is 36.4 Å². The number of halogens is 1. The van der Waals surface area contributed by atoms with Gasteiger partial charge in [0.2, 0.25) is 0 Å². The monoisotopic (exact) mass is 454 g/mol. The number of hydrogen-bond acceptors (Lipinski definition) is 4. The van der Waals surface area contributed by atoms with E-state index in [0.29, 0.717) is 36.1 Å². The predicted molar refractivity (Wildman–Crippen MR) is 125 cm³/mol. The van der Waals surface area contributed by atoms with Crippen molar-refractivity contribution in [1.82, 2.24) is 20.1 Å². The van der Waals surface area contributed by atoms with Gasteiger partial charge in [-0.15, -0.1) is 0 Å². The maximum Gasteiger partial charge on any atom is 0.317 e. The number of rotatable bonds is 6. The number of ether oxygens (including phenoxy) is 1. The topological polar surface area (TPSA) is 74.8 Å². The van der Waals surface area contributed by atoms with Crippen LogP contribution in [0.25, 0.3) is 12.2 Å². The smallest absolute Gasteiger partial charge is 0.317 e. The van der Waals surface area contributed by atoms with E-state index in [4.69, 9.17) is 16.3 Å². The maximum absolute atomic E-state index is 12.7. The molecule has 0 radical (unpaired) electrons. The van der Waals surface area contributed by atoms with E-state index < -0.39 is 0 Å². The van der Waals surface area contributed by atoms with E-state index in [1.54, 1.807) is 0 Å². The molecule has 168 valence electrons. The lowest BCUT2D eigenvalue weighted by Gasteiger charge is -2.36. The average molecular weight is 455 g/mol. The minimum atomic E-state index is -0.0593. The molecule has 1 N–H and O–H groups in total. The standard InChI is InChI=1S/C24H27ClN4O3/c1-17-6-9-22(21(27-17)8-7-18-4-2-3-5-20(18)25)32-16-23(30)28-13-10-19(11-14-28)29-15-12-26-24(29)31/h2-9,19H,10-16H2,1H3,(H,26,31). The molecule has 0 unspecified atom stereocenters. The third-order valence-corrected chi connectivity index (χ3v) is 6.19. The summed E-state index contributed by atoms with van der Waals surface area (Å²) < 4.78 is 5.86. The zero-order valence-electron chi connectivity index (χ0n) is 18.1. The molecule has 3 amide bonds. The normalized spacial score (nSPS) is 17.1. The summed E-state index contributed by atoms with van der Waals surface area (Å²) in [4.78, 5) is 32.8. The van der Waals surface area contributed by atoms with Gasteiger partial charge in [-0.3, -0.25) is 4.79 Å². The molecule has 8 heteroatoms. The molecule has 2 aliphatic rings. The molecule has 0 atom stereocenters. The molecule has 2 aromatic rings. The van der Waals surface area contributed by atoms with Crippen LogP contribution in [0.3, 0.4) is 0 Å². The fraction of sp³-hybridized carbons (Fsp3) is 0.375. The van der Waals surface area contributed by atoms with E-state index in [0.717, 1.165) is 30.6 Å². The Bertz CT molecular complexity index is 1020. The van der Waals surface area contributed by atoms with Crippen molar-refractivity contribution in [3.05, 3.63) is 58.4 Å². The SMILES string of the molecule is Cc1ccc(OCC(=O)N2CCC(N3CCNC3=O)CC2)c(C=Cc2ccccc2Cl)n1. The number of carbonyl (C=O) groups excluding carboxylic acids is 2. The van der Waals surface area contributed by atoms with Gasteiger partial charge in [0.05, 0.1) is 0 Å². The molecule has 1 aromatic carbocycles. The van der Waals surface area contributed by atoms with Gasteiger partial charge in [0.25, 0.3) is 5.91 Å². The van der Waals surface area contributed by atoms with Crippen molar-refractivity contribution in [1.29, 1.82) is 0 Å². The summed E-state index contributed by atoms with van der Waals surface area (Å²) in [5, 5.41) is 3.50. The molecule has 0 saturated carbocycles. The number of likely N-dealkylation sites (tertiary alicyclic amines) is 1. The van der Waals surface area contributed by atoms with Crippen molar-refractivity contribution in [3.63, 3.8) is 0 Å². The molecular formula is C24H27ClN4O3. The number of nitrogens with one attached hydrogen (secondary N) is 1. The lowest BCUT2D eigenvalue weighted by atomic mass is 10.0. The first-order valence-corrected chi connectivity index (χ1v) is 11.2. The van der Waals surface area contributed by atoms with Gasteiger partial charge in [0.1, 0.15) is 11.4 Å². The second-order valence-corrected chi connectivity index (χ2v) is 8.42. The lowest BCUT2D eigenvalue weighted by Crippen LogP contribution is -2.48. The summed E-state index contributed by atoms with van der Waals surface area (Å²) in [7, 11) is 0. The third kappa shape index (κ3) is 5.22. The second kappa shape index (κ2) is 10.0. The fourth-order valence-electron chi connectivity index (χ4n) is 4.08. The highest BCUT2D eigenvalue weighted by molar-refractivity contribution is 6.32. The van der Waals surface area contributed by atoms with Gasteiger partial charge < -0.3 is 19.9 Å². The predicted octanol–water partition coefficient (Wildman–Crippen LogP) is 3.61. The quantitative estimate of drug-likeness (QED) is 0.723. The van der Waals surface area contributed by atoms with Crippen LogP contribution >= 0.6 is 11.6 Å². The Kier molecular flexibility index (Phi) is 6.95. The highest BCUT2D eigenvalue weighted by Gasteiger charge is 2.31. The van der Waals surface area contributed by atoms with Gasteiger partial charge in [-0.2, -0.15) is 0 Å². The van der Waals surface area contributed by atoms with Gasteiger partial charge in [-0.25, -0.2) is 9.78 Å². The highest BCUT2D eigenvalue weighted by atomic mass is 35.5. The summed E-state index contributed by atoms with van der Waals surface area (Å²) in [6.45, 7) is 4.55. The van der Waals surface area contributed by atoms with E-state index in [-0.39, 0.29) is 24.6 Å². The summed E-state index contributed by atoms with van der Waals surface area (Å²) in [5.41, 5.74) is 2.39. The molecule has 3 heterocycles. The molecule has 2 saturated heterocycles. The van der Waals surface area contributed by atoms with Crippen LogP contribution in [0.4, 0.5) is 4.79 Å². The number of urea groups is 1. The minimum Gasteiger partial charge on any atom is -0.482 e. The lowest BCUT2D eigenvalue weighted by molar-refractivity contribution is -0.134. The van der Waals surface area contributed by atoms with Gasteiger partial charge in [-0.05, 0) is 49.6 Å². The van der Waals surface area contributed by atoms with Gasteiger partial charge >= 0.3 is 6.03 Å². The summed E-state index contributed by atoms with van der Waals surface area (Å²) >= 11 is 6.23. The summed E-state index contributed by atoms with van der Waals surface area (Å²) in [6, 6.07) is 11.5. The summed E-state index contributed by atoms with van der Waals surface area (Å²) in [5.74, 6) is 0.492. The van der Waals surface area contributed by atoms with Crippen LogP contribution in [0.1, 0.15) is 29.8 Å². The van der Waals surface area contributed by atoms with Crippen molar-refractivity contribution in [2.24, 2.45) is 0 Å². The van der Waals surface area contributed by atoms with Gasteiger partial charge in [-0.1, -0.05) is 35.9 Å². The Balaban J connectivity index is 1.35. The number of hydrogen-bond donors (Lipinski definition) is 1. The Morgan fingerprint density at radius 3 is 2.69 bits per heavy atom. The van der Waals surface area contributed by atoms with Crippen LogP contribution in [0.2, 0.25) is 5.02 Å². The van der Waals surface area contributed by atoms with Crippen LogP contribution in [0.5, 0.6) is 5.75 Å². The van der Waals surface area contributed by atoms with E-state index in [1.807, 2.05) is 65.3 Å². The largest absolute Gasteiger partial charge is 0.482 e. The first-order chi connectivity index (χ1) is 15.5. The number of nitrogens with zero attached hydrogens (tertiary/aromatic N) is 3. The molecule has 2 aliphatic heterocycles. The number of aryl methyl sites for hydroxylation is 1. The molecule has 1 aromatic heterocycles.